The predicted molar refractivity (Wildman–Crippen MR) is 68.2 cm³/mol. The Hall–Kier alpha value is -1.60. The Balaban J connectivity index is 2.51. The molecule has 1 nitrogen and oxygen atoms in total. The fourth-order valence-electron chi connectivity index (χ4n) is 2.03. The van der Waals surface area contributed by atoms with E-state index in [0.717, 1.165) is 17.6 Å². The van der Waals surface area contributed by atoms with Crippen LogP contribution in [0, 0.1) is 0 Å². The molecule has 1 aromatic rings. The molecule has 0 amide bonds. The number of fused-ring (bicyclic) bond motifs is 1. The van der Waals surface area contributed by atoms with Crippen molar-refractivity contribution >= 4 is 5.57 Å². The first kappa shape index (κ1) is 10.9. The second-order valence-corrected chi connectivity index (χ2v) is 4.01. The van der Waals surface area contributed by atoms with E-state index in [0.29, 0.717) is 0 Å². The summed E-state index contributed by atoms with van der Waals surface area (Å²) in [6.07, 6.45) is 8.98. The zero-order valence-corrected chi connectivity index (χ0v) is 9.26. The van der Waals surface area contributed by atoms with E-state index in [2.05, 4.69) is 24.8 Å². The first-order chi connectivity index (χ1) is 7.83. The molecule has 1 aliphatic rings. The van der Waals surface area contributed by atoms with Crippen molar-refractivity contribution in [2.45, 2.75) is 12.3 Å². The van der Waals surface area contributed by atoms with Gasteiger partial charge in [0, 0.05) is 5.92 Å². The minimum Gasteiger partial charge on any atom is -0.396 e. The largest absolute Gasteiger partial charge is 0.396 e. The number of aliphatic hydroxyl groups excluding tert-OH is 1. The molecule has 0 saturated heterocycles. The van der Waals surface area contributed by atoms with Crippen LogP contribution in [0.2, 0.25) is 0 Å². The van der Waals surface area contributed by atoms with Crippen molar-refractivity contribution in [3.63, 3.8) is 0 Å². The lowest BCUT2D eigenvalue weighted by Crippen LogP contribution is -2.05. The van der Waals surface area contributed by atoms with Crippen LogP contribution in [-0.2, 0) is 0 Å². The summed E-state index contributed by atoms with van der Waals surface area (Å²) in [5.74, 6) is 0.170. The van der Waals surface area contributed by atoms with Crippen molar-refractivity contribution in [1.82, 2.24) is 0 Å². The van der Waals surface area contributed by atoms with E-state index in [1.54, 1.807) is 0 Å². The smallest absolute Gasteiger partial charge is 0.0502 e. The lowest BCUT2D eigenvalue weighted by atomic mass is 9.89. The molecule has 0 fully saturated rings. The molecular weight excluding hydrogens is 196 g/mol. The fraction of sp³-hybridized carbons (Fsp3) is 0.200. The lowest BCUT2D eigenvalue weighted by Gasteiger charge is -2.16. The van der Waals surface area contributed by atoms with Gasteiger partial charge in [0.2, 0.25) is 0 Å². The zero-order valence-electron chi connectivity index (χ0n) is 9.26. The summed E-state index contributed by atoms with van der Waals surface area (Å²) in [7, 11) is 0. The van der Waals surface area contributed by atoms with E-state index >= 15 is 0 Å². The van der Waals surface area contributed by atoms with Crippen molar-refractivity contribution in [2.24, 2.45) is 0 Å². The highest BCUT2D eigenvalue weighted by Gasteiger charge is 2.14. The van der Waals surface area contributed by atoms with Crippen LogP contribution in [0.4, 0.5) is 0 Å². The second kappa shape index (κ2) is 4.95. The number of benzene rings is 1. The quantitative estimate of drug-likeness (QED) is 0.757. The Bertz CT molecular complexity index is 441. The van der Waals surface area contributed by atoms with E-state index in [9.17, 15) is 5.11 Å². The van der Waals surface area contributed by atoms with Crippen LogP contribution in [0.15, 0.2) is 55.1 Å². The third kappa shape index (κ3) is 2.15. The van der Waals surface area contributed by atoms with Gasteiger partial charge in [0.05, 0.1) is 6.61 Å². The van der Waals surface area contributed by atoms with Gasteiger partial charge >= 0.3 is 0 Å². The molecule has 1 N–H and O–H groups in total. The first-order valence-electron chi connectivity index (χ1n) is 5.55. The summed E-state index contributed by atoms with van der Waals surface area (Å²) < 4.78 is 0. The third-order valence-corrected chi connectivity index (χ3v) is 2.93. The average Bonchev–Trinajstić information content (AvgIpc) is 2.40. The van der Waals surface area contributed by atoms with Crippen molar-refractivity contribution in [2.75, 3.05) is 6.61 Å². The van der Waals surface area contributed by atoms with Gasteiger partial charge < -0.3 is 5.11 Å². The van der Waals surface area contributed by atoms with Crippen molar-refractivity contribution in [1.29, 1.82) is 0 Å². The Morgan fingerprint density at radius 2 is 2.06 bits per heavy atom. The Morgan fingerprint density at radius 3 is 2.88 bits per heavy atom. The number of hydrogen-bond acceptors (Lipinski definition) is 1. The Kier molecular flexibility index (Phi) is 3.37. The van der Waals surface area contributed by atoms with Crippen LogP contribution >= 0.6 is 0 Å². The molecule has 1 aliphatic carbocycles. The summed E-state index contributed by atoms with van der Waals surface area (Å²) in [5, 5.41) is 9.45. The van der Waals surface area contributed by atoms with E-state index in [4.69, 9.17) is 0 Å². The molecule has 0 spiro atoms. The Morgan fingerprint density at radius 1 is 1.25 bits per heavy atom. The molecule has 0 radical (unpaired) electrons. The highest BCUT2D eigenvalue weighted by molar-refractivity contribution is 5.75. The maximum absolute atomic E-state index is 9.45. The summed E-state index contributed by atoms with van der Waals surface area (Å²) in [6.45, 7) is 4.24. The summed E-state index contributed by atoms with van der Waals surface area (Å²) in [4.78, 5) is 0. The van der Waals surface area contributed by atoms with Crippen molar-refractivity contribution in [3.05, 3.63) is 66.3 Å². The van der Waals surface area contributed by atoms with Crippen molar-refractivity contribution < 1.29 is 5.11 Å². The number of allylic oxidation sites excluding steroid dienone is 5. The highest BCUT2D eigenvalue weighted by Crippen LogP contribution is 2.29. The van der Waals surface area contributed by atoms with E-state index in [-0.39, 0.29) is 12.5 Å². The van der Waals surface area contributed by atoms with Gasteiger partial charge in [-0.2, -0.15) is 0 Å². The average molecular weight is 212 g/mol. The summed E-state index contributed by atoms with van der Waals surface area (Å²) in [6, 6.07) is 8.17. The van der Waals surface area contributed by atoms with Crippen LogP contribution in [0.5, 0.6) is 0 Å². The predicted octanol–water partition coefficient (Wildman–Crippen LogP) is 3.29. The number of aliphatic hydroxyl groups is 1. The van der Waals surface area contributed by atoms with Crippen LogP contribution < -0.4 is 0 Å². The van der Waals surface area contributed by atoms with Gasteiger partial charge in [-0.3, -0.25) is 0 Å². The minimum absolute atomic E-state index is 0.170. The molecule has 2 rings (SSSR count). The normalized spacial score (nSPS) is 23.8. The molecule has 1 aromatic carbocycles. The van der Waals surface area contributed by atoms with E-state index in [1.165, 1.54) is 5.56 Å². The lowest BCUT2D eigenvalue weighted by molar-refractivity contribution is 0.266. The van der Waals surface area contributed by atoms with E-state index < -0.39 is 0 Å². The fourth-order valence-corrected chi connectivity index (χ4v) is 2.03. The van der Waals surface area contributed by atoms with Gasteiger partial charge in [0.25, 0.3) is 0 Å². The van der Waals surface area contributed by atoms with Crippen LogP contribution in [0.3, 0.4) is 0 Å². The molecule has 0 aliphatic heterocycles. The molecule has 0 heterocycles. The molecule has 16 heavy (non-hydrogen) atoms. The monoisotopic (exact) mass is 212 g/mol. The highest BCUT2D eigenvalue weighted by atomic mass is 16.3. The topological polar surface area (TPSA) is 20.2 Å². The van der Waals surface area contributed by atoms with Gasteiger partial charge in [-0.1, -0.05) is 55.1 Å². The minimum atomic E-state index is 0.170. The van der Waals surface area contributed by atoms with Gasteiger partial charge in [0.15, 0.2) is 0 Å². The second-order valence-electron chi connectivity index (χ2n) is 4.01. The van der Waals surface area contributed by atoms with Crippen molar-refractivity contribution in [3.8, 4) is 0 Å². The molecule has 1 unspecified atom stereocenters. The molecule has 0 aromatic heterocycles. The standard InChI is InChI=1S/C15H16O/c1-12-7-3-2-4-8-13(11-16)15-10-6-5-9-14(12)15/h2-7,9-10,13,16H,1,8,11H2/b4-2-,7-3-. The zero-order chi connectivity index (χ0) is 11.4. The molecule has 0 saturated carbocycles. The van der Waals surface area contributed by atoms with Gasteiger partial charge in [-0.25, -0.2) is 0 Å². The third-order valence-electron chi connectivity index (χ3n) is 2.93. The summed E-state index contributed by atoms with van der Waals surface area (Å²) >= 11 is 0. The van der Waals surface area contributed by atoms with Crippen LogP contribution in [-0.4, -0.2) is 11.7 Å². The maximum atomic E-state index is 9.45. The van der Waals surface area contributed by atoms with Gasteiger partial charge in [-0.15, -0.1) is 0 Å². The number of hydrogen-bond donors (Lipinski definition) is 1. The SMILES string of the molecule is C=C1/C=C\C=C/CC(CO)c2ccccc21. The molecule has 82 valence electrons. The van der Waals surface area contributed by atoms with Gasteiger partial charge in [0.1, 0.15) is 0 Å². The maximum Gasteiger partial charge on any atom is 0.0502 e. The summed E-state index contributed by atoms with van der Waals surface area (Å²) in [5.41, 5.74) is 3.33. The number of rotatable bonds is 1. The molecule has 0 bridgehead atoms. The molecule has 1 atom stereocenters. The first-order valence-corrected chi connectivity index (χ1v) is 5.55. The van der Waals surface area contributed by atoms with E-state index in [1.807, 2.05) is 30.4 Å². The van der Waals surface area contributed by atoms with Crippen LogP contribution in [0.1, 0.15) is 23.5 Å². The Labute approximate surface area is 96.4 Å². The van der Waals surface area contributed by atoms with Crippen LogP contribution in [0.25, 0.3) is 5.57 Å². The van der Waals surface area contributed by atoms with Gasteiger partial charge in [-0.05, 0) is 23.1 Å². The molecule has 1 heteroatoms. The molecular formula is C15H16O.